The van der Waals surface area contributed by atoms with Crippen molar-refractivity contribution in [1.29, 1.82) is 0 Å². The number of benzene rings is 3. The van der Waals surface area contributed by atoms with Gasteiger partial charge in [-0.15, -0.1) is 0 Å². The lowest BCUT2D eigenvalue weighted by Crippen LogP contribution is -2.42. The molecule has 3 aromatic carbocycles. The van der Waals surface area contributed by atoms with Crippen molar-refractivity contribution in [3.05, 3.63) is 93.5 Å². The minimum Gasteiger partial charge on any atom is -0.465 e. The van der Waals surface area contributed by atoms with E-state index >= 15 is 4.21 Å². The molecule has 0 radical (unpaired) electrons. The van der Waals surface area contributed by atoms with Crippen LogP contribution in [0.4, 0.5) is 5.69 Å². The lowest BCUT2D eigenvalue weighted by atomic mass is 9.94. The first kappa shape index (κ1) is 22.9. The number of fused-ring (bicyclic) bond motifs is 4. The lowest BCUT2D eigenvalue weighted by Gasteiger charge is -2.28. The van der Waals surface area contributed by atoms with E-state index in [1.807, 2.05) is 16.4 Å². The number of aryl methyl sites for hydroxylation is 2. The number of rotatable bonds is 3. The fourth-order valence-electron chi connectivity index (χ4n) is 6.72. The van der Waals surface area contributed by atoms with E-state index in [0.29, 0.717) is 23.4 Å². The second-order valence-electron chi connectivity index (χ2n) is 10.4. The standard InChI is InChI=1S/C30H29N2O4S/c1-36-30(34)19-12-14-24(15-13-19)37(35)31-18-23-7-3-2-6-20(23)17-27(31)29(33)32(37)28-25-10-4-8-21(25)16-22-9-5-11-26(22)28/h2-3,6-7,12-16,27H,4-5,8-11,17-18H2,1H3/q+1/t27-,37?/m0/s1. The first-order valence-electron chi connectivity index (χ1n) is 13.1. The highest BCUT2D eigenvalue weighted by Crippen LogP contribution is 2.45. The molecule has 1 amide bonds. The van der Waals surface area contributed by atoms with Gasteiger partial charge in [0, 0.05) is 24.1 Å². The van der Waals surface area contributed by atoms with Crippen molar-refractivity contribution in [3.8, 4) is 0 Å². The molecule has 1 unspecified atom stereocenters. The molecule has 2 aliphatic carbocycles. The summed E-state index contributed by atoms with van der Waals surface area (Å²) in [6.07, 6.45) is 6.48. The van der Waals surface area contributed by atoms with E-state index in [9.17, 15) is 9.59 Å². The topological polar surface area (TPSA) is 66.7 Å². The predicted molar refractivity (Wildman–Crippen MR) is 139 cm³/mol. The molecule has 0 spiro atoms. The second-order valence-corrected chi connectivity index (χ2v) is 12.7. The van der Waals surface area contributed by atoms with Crippen LogP contribution in [0.1, 0.15) is 56.6 Å². The SMILES string of the molecule is COC(=O)c1ccc(S2(=O)=[N+](c3c4c(cc5c3CCC5)CCC4)C(=O)[C@@H]3Cc4ccccc4CN32)cc1. The molecule has 7 heteroatoms. The maximum atomic E-state index is 15.6. The summed E-state index contributed by atoms with van der Waals surface area (Å²) in [6, 6.07) is 16.8. The number of hydrogen-bond donors (Lipinski definition) is 0. The number of carbonyl (C=O) groups is 2. The molecule has 0 saturated carbocycles. The van der Waals surface area contributed by atoms with E-state index in [0.717, 1.165) is 55.3 Å². The number of esters is 1. The van der Waals surface area contributed by atoms with Crippen LogP contribution in [0, 0.1) is 0 Å². The molecule has 4 aliphatic rings. The van der Waals surface area contributed by atoms with Crippen LogP contribution in [0.2, 0.25) is 0 Å². The van der Waals surface area contributed by atoms with Crippen molar-refractivity contribution in [2.24, 2.45) is 0 Å². The molecule has 188 valence electrons. The molecule has 3 aromatic rings. The predicted octanol–water partition coefficient (Wildman–Crippen LogP) is 4.50. The van der Waals surface area contributed by atoms with Crippen LogP contribution in [-0.2, 0) is 58.1 Å². The quantitative estimate of drug-likeness (QED) is 0.382. The normalized spacial score (nSPS) is 24.0. The summed E-state index contributed by atoms with van der Waals surface area (Å²) in [5.74, 6) is -0.518. The minimum atomic E-state index is -3.15. The van der Waals surface area contributed by atoms with Crippen LogP contribution in [0.3, 0.4) is 0 Å². The zero-order chi connectivity index (χ0) is 25.3. The zero-order valence-electron chi connectivity index (χ0n) is 20.9. The summed E-state index contributed by atoms with van der Waals surface area (Å²) in [5, 5.41) is 0. The lowest BCUT2D eigenvalue weighted by molar-refractivity contribution is -0.344. The number of methoxy groups -OCH3 is 1. The molecule has 0 aromatic heterocycles. The summed E-state index contributed by atoms with van der Waals surface area (Å²) in [7, 11) is -1.80. The molecule has 6 nitrogen and oxygen atoms in total. The van der Waals surface area contributed by atoms with Gasteiger partial charge in [-0.05, 0) is 85.0 Å². The Labute approximate surface area is 217 Å². The minimum absolute atomic E-state index is 0.0778. The first-order chi connectivity index (χ1) is 18.0. The average molecular weight is 514 g/mol. The van der Waals surface area contributed by atoms with Gasteiger partial charge in [-0.3, -0.25) is 0 Å². The Morgan fingerprint density at radius 3 is 2.22 bits per heavy atom. The van der Waals surface area contributed by atoms with Crippen LogP contribution in [0.15, 0.2) is 59.5 Å². The molecule has 0 N–H and O–H groups in total. The maximum Gasteiger partial charge on any atom is 0.421 e. The van der Waals surface area contributed by atoms with Gasteiger partial charge in [-0.1, -0.05) is 34.3 Å². The molecule has 37 heavy (non-hydrogen) atoms. The first-order valence-corrected chi connectivity index (χ1v) is 14.5. The van der Waals surface area contributed by atoms with E-state index in [4.69, 9.17) is 4.74 Å². The van der Waals surface area contributed by atoms with Crippen molar-refractivity contribution in [2.45, 2.75) is 62.4 Å². The molecule has 7 rings (SSSR count). The van der Waals surface area contributed by atoms with Crippen molar-refractivity contribution >= 4 is 27.5 Å². The van der Waals surface area contributed by atoms with Crippen LogP contribution in [0.25, 0.3) is 0 Å². The number of amides is 1. The van der Waals surface area contributed by atoms with Gasteiger partial charge in [-0.2, -0.15) is 8.51 Å². The smallest absolute Gasteiger partial charge is 0.421 e. The third-order valence-corrected chi connectivity index (χ3v) is 11.2. The van der Waals surface area contributed by atoms with Gasteiger partial charge >= 0.3 is 11.9 Å². The summed E-state index contributed by atoms with van der Waals surface area (Å²) in [4.78, 5) is 27.1. The van der Waals surface area contributed by atoms with Gasteiger partial charge in [0.05, 0.1) is 12.7 Å². The summed E-state index contributed by atoms with van der Waals surface area (Å²) < 4.78 is 24.1. The van der Waals surface area contributed by atoms with E-state index < -0.39 is 21.9 Å². The average Bonchev–Trinajstić information content (AvgIpc) is 3.65. The Hall–Kier alpha value is -3.29. The molecule has 0 fully saturated rings. The monoisotopic (exact) mass is 513 g/mol. The van der Waals surface area contributed by atoms with Gasteiger partial charge in [-0.25, -0.2) is 9.59 Å². The number of ether oxygens (including phenoxy) is 1. The third kappa shape index (κ3) is 3.23. The number of hydrogen-bond acceptors (Lipinski definition) is 4. The van der Waals surface area contributed by atoms with Gasteiger partial charge in [0.2, 0.25) is 5.69 Å². The molecule has 0 bridgehead atoms. The van der Waals surface area contributed by atoms with E-state index in [-0.39, 0.29) is 5.91 Å². The second kappa shape index (κ2) is 8.36. The van der Waals surface area contributed by atoms with E-state index in [1.54, 1.807) is 28.2 Å². The third-order valence-electron chi connectivity index (χ3n) is 8.48. The van der Waals surface area contributed by atoms with Gasteiger partial charge in [0.25, 0.3) is 9.92 Å². The van der Waals surface area contributed by atoms with Crippen LogP contribution in [-0.4, -0.2) is 37.5 Å². The fourth-order valence-corrected chi connectivity index (χ4v) is 9.56. The van der Waals surface area contributed by atoms with Gasteiger partial charge in [0.15, 0.2) is 6.04 Å². The Bertz CT molecular complexity index is 1580. The Morgan fingerprint density at radius 1 is 0.919 bits per heavy atom. The molecule has 0 saturated heterocycles. The fraction of sp³-hybridized carbons (Fsp3) is 0.333. The van der Waals surface area contributed by atoms with Crippen molar-refractivity contribution in [1.82, 2.24) is 4.31 Å². The molecule has 2 atom stereocenters. The van der Waals surface area contributed by atoms with Crippen molar-refractivity contribution < 1.29 is 22.5 Å². The number of carbonyl (C=O) groups excluding carboxylic acids is 2. The summed E-state index contributed by atoms with van der Waals surface area (Å²) >= 11 is 0. The van der Waals surface area contributed by atoms with E-state index in [2.05, 4.69) is 18.2 Å². The van der Waals surface area contributed by atoms with Crippen LogP contribution < -0.4 is 0 Å². The Morgan fingerprint density at radius 2 is 1.57 bits per heavy atom. The summed E-state index contributed by atoms with van der Waals surface area (Å²) in [5.41, 5.74) is 8.57. The Balaban J connectivity index is 1.52. The van der Waals surface area contributed by atoms with Gasteiger partial charge < -0.3 is 4.74 Å². The van der Waals surface area contributed by atoms with Gasteiger partial charge in [0.1, 0.15) is 4.90 Å². The maximum absolute atomic E-state index is 15.6. The van der Waals surface area contributed by atoms with E-state index in [1.165, 1.54) is 29.4 Å². The van der Waals surface area contributed by atoms with Crippen LogP contribution in [0.5, 0.6) is 0 Å². The molecular weight excluding hydrogens is 484 g/mol. The summed E-state index contributed by atoms with van der Waals surface area (Å²) in [6.45, 7) is 0.442. The molecule has 2 aliphatic heterocycles. The largest absolute Gasteiger partial charge is 0.465 e. The number of nitrogens with zero attached hydrogens (tertiary/aromatic N) is 2. The molecular formula is C30H29N2O4S+. The van der Waals surface area contributed by atoms with Crippen molar-refractivity contribution in [2.75, 3.05) is 7.11 Å². The zero-order valence-corrected chi connectivity index (χ0v) is 21.7. The highest BCUT2D eigenvalue weighted by atomic mass is 32.2. The highest BCUT2D eigenvalue weighted by Gasteiger charge is 2.57. The Kier molecular flexibility index (Phi) is 5.17. The molecule has 2 heterocycles. The highest BCUT2D eigenvalue weighted by molar-refractivity contribution is 7.89. The van der Waals surface area contributed by atoms with Crippen molar-refractivity contribution in [3.63, 3.8) is 0 Å². The van der Waals surface area contributed by atoms with Crippen LogP contribution >= 0.6 is 0 Å².